The molecule has 1 aromatic heterocycles. The van der Waals surface area contributed by atoms with Crippen molar-refractivity contribution in [1.82, 2.24) is 4.98 Å². The predicted molar refractivity (Wildman–Crippen MR) is 88.1 cm³/mol. The fourth-order valence-corrected chi connectivity index (χ4v) is 1.83. The standard InChI is InChI=1S/C15H18F3N5O2/c1-14(20,24)8-22-12-6-10(3-4-11(12)19)25-13-5-2-9(7-21-13)23-15(16,17)18/h2-7,22-24H,8,19-20H2,1H3. The first-order valence-electron chi connectivity index (χ1n) is 7.15. The van der Waals surface area contributed by atoms with Crippen LogP contribution in [0.5, 0.6) is 11.6 Å². The lowest BCUT2D eigenvalue weighted by Gasteiger charge is -2.19. The van der Waals surface area contributed by atoms with E-state index in [1.807, 2.05) is 0 Å². The van der Waals surface area contributed by atoms with Crippen LogP contribution in [0.1, 0.15) is 6.92 Å². The van der Waals surface area contributed by atoms with Crippen molar-refractivity contribution in [2.75, 3.05) is 22.9 Å². The number of hydrogen-bond donors (Lipinski definition) is 5. The van der Waals surface area contributed by atoms with Gasteiger partial charge in [-0.05, 0) is 25.1 Å². The zero-order valence-corrected chi connectivity index (χ0v) is 13.3. The van der Waals surface area contributed by atoms with E-state index in [1.54, 1.807) is 18.2 Å². The average molecular weight is 357 g/mol. The van der Waals surface area contributed by atoms with E-state index >= 15 is 0 Å². The van der Waals surface area contributed by atoms with E-state index in [0.29, 0.717) is 17.1 Å². The summed E-state index contributed by atoms with van der Waals surface area (Å²) in [7, 11) is 0. The van der Waals surface area contributed by atoms with Crippen molar-refractivity contribution in [3.63, 3.8) is 0 Å². The third-order valence-electron chi connectivity index (χ3n) is 2.91. The Balaban J connectivity index is 2.07. The summed E-state index contributed by atoms with van der Waals surface area (Å²) in [6.07, 6.45) is -3.53. The first-order chi connectivity index (χ1) is 11.5. The zero-order chi connectivity index (χ0) is 18.7. The number of pyridine rings is 1. The van der Waals surface area contributed by atoms with E-state index in [4.69, 9.17) is 16.2 Å². The van der Waals surface area contributed by atoms with Crippen molar-refractivity contribution in [2.45, 2.75) is 18.9 Å². The Hall–Kier alpha value is -2.72. The van der Waals surface area contributed by atoms with Gasteiger partial charge in [-0.3, -0.25) is 5.32 Å². The van der Waals surface area contributed by atoms with Gasteiger partial charge in [0.2, 0.25) is 5.88 Å². The summed E-state index contributed by atoms with van der Waals surface area (Å²) in [6, 6.07) is 7.19. The largest absolute Gasteiger partial charge is 0.482 e. The Morgan fingerprint density at radius 1 is 1.24 bits per heavy atom. The van der Waals surface area contributed by atoms with Gasteiger partial charge in [0, 0.05) is 12.1 Å². The maximum Gasteiger partial charge on any atom is 0.482 e. The molecule has 0 amide bonds. The third-order valence-corrected chi connectivity index (χ3v) is 2.91. The summed E-state index contributed by atoms with van der Waals surface area (Å²) in [4.78, 5) is 3.80. The molecule has 136 valence electrons. The molecule has 1 heterocycles. The summed E-state index contributed by atoms with van der Waals surface area (Å²) in [5, 5.41) is 13.7. The normalized spacial score (nSPS) is 13.8. The molecule has 0 saturated heterocycles. The van der Waals surface area contributed by atoms with Crippen molar-refractivity contribution in [3.8, 4) is 11.6 Å². The monoisotopic (exact) mass is 357 g/mol. The van der Waals surface area contributed by atoms with Crippen LogP contribution in [0.25, 0.3) is 0 Å². The maximum absolute atomic E-state index is 12.2. The third kappa shape index (κ3) is 6.36. The second-order valence-corrected chi connectivity index (χ2v) is 5.57. The zero-order valence-electron chi connectivity index (χ0n) is 13.3. The van der Waals surface area contributed by atoms with Gasteiger partial charge in [-0.2, -0.15) is 13.2 Å². The van der Waals surface area contributed by atoms with Crippen molar-refractivity contribution < 1.29 is 23.0 Å². The topological polar surface area (TPSA) is 118 Å². The highest BCUT2D eigenvalue weighted by atomic mass is 19.4. The fraction of sp³-hybridized carbons (Fsp3) is 0.267. The molecule has 25 heavy (non-hydrogen) atoms. The minimum absolute atomic E-state index is 0.0523. The minimum atomic E-state index is -4.54. The highest BCUT2D eigenvalue weighted by molar-refractivity contribution is 5.68. The molecule has 0 spiro atoms. The van der Waals surface area contributed by atoms with E-state index in [1.165, 1.54) is 24.4 Å². The van der Waals surface area contributed by atoms with Crippen LogP contribution in [0, 0.1) is 0 Å². The number of aliphatic hydroxyl groups is 1. The number of hydrogen-bond acceptors (Lipinski definition) is 7. The van der Waals surface area contributed by atoms with Gasteiger partial charge < -0.3 is 26.6 Å². The minimum Gasteiger partial charge on any atom is -0.439 e. The van der Waals surface area contributed by atoms with E-state index < -0.39 is 12.0 Å². The van der Waals surface area contributed by atoms with Crippen LogP contribution in [0.3, 0.4) is 0 Å². The van der Waals surface area contributed by atoms with Crippen molar-refractivity contribution >= 4 is 17.1 Å². The molecular weight excluding hydrogens is 339 g/mol. The summed E-state index contributed by atoms with van der Waals surface area (Å²) < 4.78 is 42.1. The number of rotatable bonds is 6. The Kier molecular flexibility index (Phi) is 5.24. The molecule has 10 heteroatoms. The van der Waals surface area contributed by atoms with Crippen molar-refractivity contribution in [2.24, 2.45) is 5.73 Å². The molecule has 7 N–H and O–H groups in total. The van der Waals surface area contributed by atoms with Gasteiger partial charge in [0.25, 0.3) is 0 Å². The lowest BCUT2D eigenvalue weighted by molar-refractivity contribution is -0.0999. The van der Waals surface area contributed by atoms with Gasteiger partial charge >= 0.3 is 6.30 Å². The molecule has 2 aromatic rings. The molecule has 2 rings (SSSR count). The second kappa shape index (κ2) is 7.03. The highest BCUT2D eigenvalue weighted by Gasteiger charge is 2.27. The number of nitrogen functional groups attached to an aromatic ring is 1. The molecule has 1 atom stereocenters. The number of ether oxygens (including phenoxy) is 1. The maximum atomic E-state index is 12.2. The Morgan fingerprint density at radius 2 is 1.96 bits per heavy atom. The lowest BCUT2D eigenvalue weighted by Crippen LogP contribution is -2.42. The Bertz CT molecular complexity index is 715. The predicted octanol–water partition coefficient (Wildman–Crippen LogP) is 2.47. The molecule has 1 unspecified atom stereocenters. The number of alkyl halides is 3. The molecule has 0 aliphatic carbocycles. The number of benzene rings is 1. The molecule has 0 saturated carbocycles. The fourth-order valence-electron chi connectivity index (χ4n) is 1.83. The van der Waals surface area contributed by atoms with Crippen LogP contribution in [0.4, 0.5) is 30.2 Å². The number of aromatic nitrogens is 1. The van der Waals surface area contributed by atoms with Crippen LogP contribution in [0.15, 0.2) is 36.5 Å². The summed E-state index contributed by atoms with van der Waals surface area (Å²) in [5.41, 5.74) is 10.6. The van der Waals surface area contributed by atoms with Crippen molar-refractivity contribution in [3.05, 3.63) is 36.5 Å². The summed E-state index contributed by atoms with van der Waals surface area (Å²) in [5.74, 6) is 0.465. The number of nitrogens with zero attached hydrogens (tertiary/aromatic N) is 1. The second-order valence-electron chi connectivity index (χ2n) is 5.57. The van der Waals surface area contributed by atoms with Gasteiger partial charge in [-0.25, -0.2) is 4.98 Å². The highest BCUT2D eigenvalue weighted by Crippen LogP contribution is 2.28. The van der Waals surface area contributed by atoms with Gasteiger partial charge in [-0.1, -0.05) is 0 Å². The van der Waals surface area contributed by atoms with Gasteiger partial charge in [0.15, 0.2) is 0 Å². The van der Waals surface area contributed by atoms with E-state index in [2.05, 4.69) is 10.3 Å². The molecule has 7 nitrogen and oxygen atoms in total. The Morgan fingerprint density at radius 3 is 2.52 bits per heavy atom. The van der Waals surface area contributed by atoms with Gasteiger partial charge in [0.1, 0.15) is 11.5 Å². The Labute approximate surface area is 141 Å². The first-order valence-corrected chi connectivity index (χ1v) is 7.15. The summed E-state index contributed by atoms with van der Waals surface area (Å²) >= 11 is 0. The molecule has 0 aliphatic rings. The van der Waals surface area contributed by atoms with E-state index in [-0.39, 0.29) is 18.1 Å². The van der Waals surface area contributed by atoms with E-state index in [0.717, 1.165) is 6.20 Å². The number of anilines is 3. The molecular formula is C15H18F3N5O2. The number of nitrogens with two attached hydrogens (primary N) is 2. The SMILES string of the molecule is CC(N)(O)CNc1cc(Oc2ccc(NC(F)(F)F)cn2)ccc1N. The molecule has 0 radical (unpaired) electrons. The van der Waals surface area contributed by atoms with Crippen molar-refractivity contribution in [1.29, 1.82) is 0 Å². The lowest BCUT2D eigenvalue weighted by atomic mass is 10.2. The summed E-state index contributed by atoms with van der Waals surface area (Å²) in [6.45, 7) is 1.48. The van der Waals surface area contributed by atoms with E-state index in [9.17, 15) is 18.3 Å². The van der Waals surface area contributed by atoms with Gasteiger partial charge in [0.05, 0.1) is 29.8 Å². The smallest absolute Gasteiger partial charge is 0.439 e. The van der Waals surface area contributed by atoms with Crippen LogP contribution in [-0.2, 0) is 0 Å². The van der Waals surface area contributed by atoms with Crippen LogP contribution in [0.2, 0.25) is 0 Å². The molecule has 0 aliphatic heterocycles. The molecule has 0 bridgehead atoms. The van der Waals surface area contributed by atoms with Crippen LogP contribution >= 0.6 is 0 Å². The molecule has 0 fully saturated rings. The van der Waals surface area contributed by atoms with Gasteiger partial charge in [-0.15, -0.1) is 0 Å². The number of nitrogens with one attached hydrogen (secondary N) is 2. The average Bonchev–Trinajstić information content (AvgIpc) is 2.47. The first kappa shape index (κ1) is 18.6. The molecule has 1 aromatic carbocycles. The van der Waals surface area contributed by atoms with Crippen LogP contribution < -0.4 is 26.8 Å². The quantitative estimate of drug-likeness (QED) is 0.306. The number of halogens is 3. The van der Waals surface area contributed by atoms with Crippen LogP contribution in [-0.4, -0.2) is 28.7 Å².